The lowest BCUT2D eigenvalue weighted by molar-refractivity contribution is -0.120. The van der Waals surface area contributed by atoms with Gasteiger partial charge in [-0.3, -0.25) is 9.59 Å². The van der Waals surface area contributed by atoms with E-state index < -0.39 is 0 Å². The fourth-order valence-electron chi connectivity index (χ4n) is 1.76. The van der Waals surface area contributed by atoms with Crippen LogP contribution in [0.2, 0.25) is 0 Å². The van der Waals surface area contributed by atoms with Crippen LogP contribution >= 0.6 is 0 Å². The summed E-state index contributed by atoms with van der Waals surface area (Å²) in [5, 5.41) is 3.24. The molecule has 0 fully saturated rings. The zero-order valence-electron chi connectivity index (χ0n) is 10.5. The molecule has 0 aliphatic carbocycles. The fraction of sp³-hybridized carbons (Fsp3) is 0.214. The summed E-state index contributed by atoms with van der Waals surface area (Å²) in [6.07, 6.45) is 2.31. The molecule has 0 spiro atoms. The van der Waals surface area contributed by atoms with Crippen LogP contribution in [0.5, 0.6) is 0 Å². The first-order chi connectivity index (χ1) is 9.20. The molecule has 98 valence electrons. The SMILES string of the molecule is C=CCNC(=O)CCc1nc2ccccc2c(=O)[nH]1. The number of aromatic nitrogens is 2. The highest BCUT2D eigenvalue weighted by molar-refractivity contribution is 5.78. The topological polar surface area (TPSA) is 74.8 Å². The standard InChI is InChI=1S/C14H15N3O2/c1-2-9-15-13(18)8-7-12-16-11-6-4-3-5-10(11)14(19)17-12/h2-6H,1,7-9H2,(H,15,18)(H,16,17,19). The Labute approximate surface area is 110 Å². The summed E-state index contributed by atoms with van der Waals surface area (Å²) >= 11 is 0. The Hall–Kier alpha value is -2.43. The number of aromatic amines is 1. The Morgan fingerprint density at radius 2 is 2.21 bits per heavy atom. The van der Waals surface area contributed by atoms with Crippen LogP contribution in [-0.4, -0.2) is 22.4 Å². The summed E-state index contributed by atoms with van der Waals surface area (Å²) in [5.74, 6) is 0.438. The number of hydrogen-bond donors (Lipinski definition) is 2. The second-order valence-corrected chi connectivity index (χ2v) is 4.12. The molecule has 0 radical (unpaired) electrons. The number of aryl methyl sites for hydroxylation is 1. The molecule has 2 rings (SSSR count). The van der Waals surface area contributed by atoms with Crippen molar-refractivity contribution in [3.63, 3.8) is 0 Å². The first-order valence-corrected chi connectivity index (χ1v) is 6.06. The van der Waals surface area contributed by atoms with Crippen molar-refractivity contribution in [1.82, 2.24) is 15.3 Å². The minimum absolute atomic E-state index is 0.0873. The average Bonchev–Trinajstić information content (AvgIpc) is 2.43. The Morgan fingerprint density at radius 3 is 3.00 bits per heavy atom. The van der Waals surface area contributed by atoms with Gasteiger partial charge in [-0.1, -0.05) is 18.2 Å². The van der Waals surface area contributed by atoms with Crippen LogP contribution in [0.4, 0.5) is 0 Å². The number of carbonyl (C=O) groups is 1. The summed E-state index contributed by atoms with van der Waals surface area (Å²) in [5.41, 5.74) is 0.472. The number of rotatable bonds is 5. The second-order valence-electron chi connectivity index (χ2n) is 4.12. The van der Waals surface area contributed by atoms with Crippen molar-refractivity contribution >= 4 is 16.8 Å². The van der Waals surface area contributed by atoms with E-state index in [0.717, 1.165) is 0 Å². The number of benzene rings is 1. The lowest BCUT2D eigenvalue weighted by Crippen LogP contribution is -2.24. The van der Waals surface area contributed by atoms with E-state index in [2.05, 4.69) is 21.9 Å². The quantitative estimate of drug-likeness (QED) is 0.789. The van der Waals surface area contributed by atoms with Gasteiger partial charge >= 0.3 is 0 Å². The zero-order valence-corrected chi connectivity index (χ0v) is 10.5. The van der Waals surface area contributed by atoms with Crippen molar-refractivity contribution in [2.75, 3.05) is 6.54 Å². The van der Waals surface area contributed by atoms with Crippen LogP contribution in [0.25, 0.3) is 10.9 Å². The minimum Gasteiger partial charge on any atom is -0.353 e. The highest BCUT2D eigenvalue weighted by atomic mass is 16.1. The third-order valence-electron chi connectivity index (χ3n) is 2.69. The lowest BCUT2D eigenvalue weighted by Gasteiger charge is -2.03. The molecule has 2 aromatic rings. The molecule has 0 atom stereocenters. The Morgan fingerprint density at radius 1 is 1.42 bits per heavy atom. The largest absolute Gasteiger partial charge is 0.353 e. The fourth-order valence-corrected chi connectivity index (χ4v) is 1.76. The van der Waals surface area contributed by atoms with E-state index in [4.69, 9.17) is 0 Å². The zero-order chi connectivity index (χ0) is 13.7. The molecule has 0 saturated carbocycles. The summed E-state index contributed by atoms with van der Waals surface area (Å²) in [6.45, 7) is 3.97. The third kappa shape index (κ3) is 3.28. The molecule has 0 bridgehead atoms. The van der Waals surface area contributed by atoms with E-state index in [1.165, 1.54) is 0 Å². The number of H-pyrrole nitrogens is 1. The van der Waals surface area contributed by atoms with E-state index in [0.29, 0.717) is 29.7 Å². The van der Waals surface area contributed by atoms with E-state index in [-0.39, 0.29) is 17.9 Å². The smallest absolute Gasteiger partial charge is 0.258 e. The van der Waals surface area contributed by atoms with Crippen LogP contribution in [0.3, 0.4) is 0 Å². The normalized spacial score (nSPS) is 10.3. The van der Waals surface area contributed by atoms with Crippen molar-refractivity contribution in [3.05, 3.63) is 53.1 Å². The predicted octanol–water partition coefficient (Wildman–Crippen LogP) is 1.16. The molecule has 19 heavy (non-hydrogen) atoms. The van der Waals surface area contributed by atoms with Crippen LogP contribution < -0.4 is 10.9 Å². The number of nitrogens with zero attached hydrogens (tertiary/aromatic N) is 1. The predicted molar refractivity (Wildman–Crippen MR) is 73.9 cm³/mol. The van der Waals surface area contributed by atoms with E-state index in [9.17, 15) is 9.59 Å². The molecule has 1 aromatic carbocycles. The molecule has 0 unspecified atom stereocenters. The van der Waals surface area contributed by atoms with Gasteiger partial charge in [-0.05, 0) is 12.1 Å². The van der Waals surface area contributed by atoms with Crippen LogP contribution in [0.15, 0.2) is 41.7 Å². The molecule has 0 saturated heterocycles. The van der Waals surface area contributed by atoms with E-state index in [1.54, 1.807) is 24.3 Å². The van der Waals surface area contributed by atoms with Crippen LogP contribution in [0.1, 0.15) is 12.2 Å². The van der Waals surface area contributed by atoms with Gasteiger partial charge < -0.3 is 10.3 Å². The molecule has 1 amide bonds. The van der Waals surface area contributed by atoms with Crippen LogP contribution in [-0.2, 0) is 11.2 Å². The monoisotopic (exact) mass is 257 g/mol. The Bertz CT molecular complexity index is 661. The van der Waals surface area contributed by atoms with Gasteiger partial charge in [0.2, 0.25) is 5.91 Å². The lowest BCUT2D eigenvalue weighted by atomic mass is 10.2. The molecule has 5 heteroatoms. The van der Waals surface area contributed by atoms with Crippen LogP contribution in [0, 0.1) is 0 Å². The number of hydrogen-bond acceptors (Lipinski definition) is 3. The van der Waals surface area contributed by atoms with Crippen molar-refractivity contribution < 1.29 is 4.79 Å². The number of nitrogens with one attached hydrogen (secondary N) is 2. The maximum atomic E-state index is 11.8. The maximum Gasteiger partial charge on any atom is 0.258 e. The van der Waals surface area contributed by atoms with Crippen molar-refractivity contribution in [2.45, 2.75) is 12.8 Å². The van der Waals surface area contributed by atoms with Gasteiger partial charge in [0.25, 0.3) is 5.56 Å². The molecular weight excluding hydrogens is 242 g/mol. The summed E-state index contributed by atoms with van der Waals surface area (Å²) in [6, 6.07) is 7.13. The number of fused-ring (bicyclic) bond motifs is 1. The molecule has 5 nitrogen and oxygen atoms in total. The molecule has 0 aliphatic heterocycles. The molecule has 2 N–H and O–H groups in total. The Balaban J connectivity index is 2.11. The van der Waals surface area contributed by atoms with Crippen molar-refractivity contribution in [3.8, 4) is 0 Å². The van der Waals surface area contributed by atoms with Gasteiger partial charge in [-0.15, -0.1) is 6.58 Å². The van der Waals surface area contributed by atoms with Gasteiger partial charge in [-0.2, -0.15) is 0 Å². The molecular formula is C14H15N3O2. The third-order valence-corrected chi connectivity index (χ3v) is 2.69. The van der Waals surface area contributed by atoms with Gasteiger partial charge in [0, 0.05) is 19.4 Å². The first kappa shape index (κ1) is 13.0. The Kier molecular flexibility index (Phi) is 4.07. The minimum atomic E-state index is -0.174. The number of carbonyl (C=O) groups excluding carboxylic acids is 1. The highest BCUT2D eigenvalue weighted by Crippen LogP contribution is 2.06. The average molecular weight is 257 g/mol. The summed E-state index contributed by atoms with van der Waals surface area (Å²) in [4.78, 5) is 30.3. The molecule has 0 aliphatic rings. The van der Waals surface area contributed by atoms with Crippen molar-refractivity contribution in [1.29, 1.82) is 0 Å². The van der Waals surface area contributed by atoms with E-state index >= 15 is 0 Å². The van der Waals surface area contributed by atoms with E-state index in [1.807, 2.05) is 6.07 Å². The second kappa shape index (κ2) is 5.95. The first-order valence-electron chi connectivity index (χ1n) is 6.06. The van der Waals surface area contributed by atoms with Gasteiger partial charge in [0.05, 0.1) is 10.9 Å². The van der Waals surface area contributed by atoms with Gasteiger partial charge in [0.1, 0.15) is 5.82 Å². The maximum absolute atomic E-state index is 11.8. The van der Waals surface area contributed by atoms with Crippen molar-refractivity contribution in [2.24, 2.45) is 0 Å². The highest BCUT2D eigenvalue weighted by Gasteiger charge is 2.05. The molecule has 1 aromatic heterocycles. The van der Waals surface area contributed by atoms with Gasteiger partial charge in [-0.25, -0.2) is 4.98 Å². The number of amides is 1. The summed E-state index contributed by atoms with van der Waals surface area (Å²) in [7, 11) is 0. The van der Waals surface area contributed by atoms with Gasteiger partial charge in [0.15, 0.2) is 0 Å². The molecule has 1 heterocycles. The number of para-hydroxylation sites is 1. The summed E-state index contributed by atoms with van der Waals surface area (Å²) < 4.78 is 0.